The number of pyridine rings is 1. The molecular weight excluding hydrogens is 233 g/mol. The minimum Gasteiger partial charge on any atom is -0.465 e. The van der Waals surface area contributed by atoms with Crippen molar-refractivity contribution in [3.05, 3.63) is 65.2 Å². The molecule has 0 unspecified atom stereocenters. The van der Waals surface area contributed by atoms with Crippen LogP contribution in [-0.2, 0) is 11.2 Å². The molecule has 2 aromatic rings. The molecule has 4 heteroatoms. The van der Waals surface area contributed by atoms with Gasteiger partial charge in [0.2, 0.25) is 0 Å². The maximum absolute atomic E-state index is 13.4. The van der Waals surface area contributed by atoms with Crippen LogP contribution < -0.4 is 0 Å². The Bertz CT molecular complexity index is 555. The lowest BCUT2D eigenvalue weighted by atomic mass is 10.0. The fourth-order valence-electron chi connectivity index (χ4n) is 1.72. The molecule has 0 atom stereocenters. The fourth-order valence-corrected chi connectivity index (χ4v) is 1.72. The second-order valence-electron chi connectivity index (χ2n) is 3.87. The van der Waals surface area contributed by atoms with Crippen LogP contribution in [0.4, 0.5) is 4.39 Å². The number of aromatic nitrogens is 1. The van der Waals surface area contributed by atoms with E-state index in [0.29, 0.717) is 6.42 Å². The Kier molecular flexibility index (Phi) is 3.67. The van der Waals surface area contributed by atoms with Crippen LogP contribution >= 0.6 is 0 Å². The Hall–Kier alpha value is -2.23. The van der Waals surface area contributed by atoms with E-state index in [1.165, 1.54) is 19.2 Å². The zero-order valence-corrected chi connectivity index (χ0v) is 9.89. The Labute approximate surface area is 104 Å². The molecule has 0 radical (unpaired) electrons. The predicted octanol–water partition coefficient (Wildman–Crippen LogP) is 2.60. The van der Waals surface area contributed by atoms with Gasteiger partial charge in [-0.2, -0.15) is 0 Å². The lowest BCUT2D eigenvalue weighted by Gasteiger charge is -2.05. The summed E-state index contributed by atoms with van der Waals surface area (Å²) >= 11 is 0. The van der Waals surface area contributed by atoms with Gasteiger partial charge in [0.05, 0.1) is 12.7 Å². The smallest absolute Gasteiger partial charge is 0.337 e. The van der Waals surface area contributed by atoms with Gasteiger partial charge >= 0.3 is 5.97 Å². The molecule has 0 fully saturated rings. The zero-order valence-electron chi connectivity index (χ0n) is 9.89. The van der Waals surface area contributed by atoms with E-state index in [1.807, 2.05) is 12.1 Å². The van der Waals surface area contributed by atoms with Gasteiger partial charge in [-0.3, -0.25) is 4.98 Å². The van der Waals surface area contributed by atoms with Gasteiger partial charge < -0.3 is 4.74 Å². The van der Waals surface area contributed by atoms with Gasteiger partial charge in [0.1, 0.15) is 5.82 Å². The molecule has 0 spiro atoms. The van der Waals surface area contributed by atoms with Crippen LogP contribution in [0.1, 0.15) is 21.5 Å². The average molecular weight is 245 g/mol. The van der Waals surface area contributed by atoms with Crippen LogP contribution in [0.2, 0.25) is 0 Å². The molecule has 18 heavy (non-hydrogen) atoms. The normalized spacial score (nSPS) is 10.1. The number of hydrogen-bond acceptors (Lipinski definition) is 3. The Morgan fingerprint density at radius 2 is 1.94 bits per heavy atom. The van der Waals surface area contributed by atoms with E-state index < -0.39 is 11.8 Å². The van der Waals surface area contributed by atoms with Gasteiger partial charge in [0, 0.05) is 12.4 Å². The van der Waals surface area contributed by atoms with Crippen molar-refractivity contribution >= 4 is 5.97 Å². The van der Waals surface area contributed by atoms with E-state index in [0.717, 1.165) is 11.1 Å². The molecule has 3 nitrogen and oxygen atoms in total. The van der Waals surface area contributed by atoms with Crippen molar-refractivity contribution in [2.45, 2.75) is 6.42 Å². The van der Waals surface area contributed by atoms with Crippen LogP contribution in [0, 0.1) is 5.82 Å². The SMILES string of the molecule is COC(=O)c1cc(F)cc(Cc2ccncc2)c1. The van der Waals surface area contributed by atoms with Crippen molar-refractivity contribution in [1.82, 2.24) is 4.98 Å². The minimum absolute atomic E-state index is 0.224. The number of benzene rings is 1. The summed E-state index contributed by atoms with van der Waals surface area (Å²) < 4.78 is 18.0. The highest BCUT2D eigenvalue weighted by molar-refractivity contribution is 5.89. The number of hydrogen-bond donors (Lipinski definition) is 0. The van der Waals surface area contributed by atoms with Gasteiger partial charge in [0.25, 0.3) is 0 Å². The summed E-state index contributed by atoms with van der Waals surface area (Å²) in [6.45, 7) is 0. The van der Waals surface area contributed by atoms with Gasteiger partial charge in [-0.05, 0) is 47.9 Å². The highest BCUT2D eigenvalue weighted by Gasteiger charge is 2.09. The van der Waals surface area contributed by atoms with Gasteiger partial charge in [-0.15, -0.1) is 0 Å². The van der Waals surface area contributed by atoms with Crippen molar-refractivity contribution in [3.63, 3.8) is 0 Å². The van der Waals surface area contributed by atoms with Crippen molar-refractivity contribution in [2.24, 2.45) is 0 Å². The van der Waals surface area contributed by atoms with Crippen LogP contribution in [0.5, 0.6) is 0 Å². The van der Waals surface area contributed by atoms with Crippen LogP contribution in [0.3, 0.4) is 0 Å². The molecule has 0 bridgehead atoms. The first-order chi connectivity index (χ1) is 8.69. The van der Waals surface area contributed by atoms with Gasteiger partial charge in [0.15, 0.2) is 0 Å². The molecule has 0 aliphatic carbocycles. The molecule has 2 rings (SSSR count). The third-order valence-corrected chi connectivity index (χ3v) is 2.54. The van der Waals surface area contributed by atoms with Crippen LogP contribution in [-0.4, -0.2) is 18.1 Å². The van der Waals surface area contributed by atoms with Crippen molar-refractivity contribution < 1.29 is 13.9 Å². The molecule has 92 valence electrons. The first-order valence-electron chi connectivity index (χ1n) is 5.46. The predicted molar refractivity (Wildman–Crippen MR) is 64.8 cm³/mol. The summed E-state index contributed by atoms with van der Waals surface area (Å²) in [6.07, 6.45) is 3.90. The maximum Gasteiger partial charge on any atom is 0.337 e. The van der Waals surface area contributed by atoms with Crippen molar-refractivity contribution in [2.75, 3.05) is 7.11 Å². The Balaban J connectivity index is 2.28. The first-order valence-corrected chi connectivity index (χ1v) is 5.46. The van der Waals surface area contributed by atoms with E-state index in [2.05, 4.69) is 9.72 Å². The summed E-state index contributed by atoms with van der Waals surface area (Å²) in [5, 5.41) is 0. The molecule has 1 aromatic carbocycles. The third-order valence-electron chi connectivity index (χ3n) is 2.54. The number of carbonyl (C=O) groups is 1. The summed E-state index contributed by atoms with van der Waals surface area (Å²) in [5.74, 6) is -0.979. The highest BCUT2D eigenvalue weighted by Crippen LogP contribution is 2.14. The van der Waals surface area contributed by atoms with E-state index in [1.54, 1.807) is 18.5 Å². The quantitative estimate of drug-likeness (QED) is 0.780. The van der Waals surface area contributed by atoms with E-state index in [9.17, 15) is 9.18 Å². The number of ether oxygens (including phenoxy) is 1. The van der Waals surface area contributed by atoms with Gasteiger partial charge in [-0.1, -0.05) is 0 Å². The number of esters is 1. The zero-order chi connectivity index (χ0) is 13.0. The van der Waals surface area contributed by atoms with E-state index in [-0.39, 0.29) is 5.56 Å². The molecule has 1 aromatic heterocycles. The molecule has 0 saturated heterocycles. The molecule has 1 heterocycles. The summed E-state index contributed by atoms with van der Waals surface area (Å²) in [7, 11) is 1.27. The lowest BCUT2D eigenvalue weighted by molar-refractivity contribution is 0.0600. The largest absolute Gasteiger partial charge is 0.465 e. The second kappa shape index (κ2) is 5.40. The van der Waals surface area contributed by atoms with Crippen LogP contribution in [0.15, 0.2) is 42.7 Å². The maximum atomic E-state index is 13.4. The molecule has 0 saturated carbocycles. The first kappa shape index (κ1) is 12.2. The average Bonchev–Trinajstić information content (AvgIpc) is 2.38. The molecule has 0 amide bonds. The van der Waals surface area contributed by atoms with Crippen LogP contribution in [0.25, 0.3) is 0 Å². The monoisotopic (exact) mass is 245 g/mol. The fraction of sp³-hybridized carbons (Fsp3) is 0.143. The van der Waals surface area contributed by atoms with Gasteiger partial charge in [-0.25, -0.2) is 9.18 Å². The molecule has 0 aliphatic rings. The number of nitrogens with zero attached hydrogens (tertiary/aromatic N) is 1. The minimum atomic E-state index is -0.537. The second-order valence-corrected chi connectivity index (χ2v) is 3.87. The van der Waals surface area contributed by atoms with Crippen molar-refractivity contribution in [1.29, 1.82) is 0 Å². The Morgan fingerprint density at radius 3 is 2.61 bits per heavy atom. The molecular formula is C14H12FNO2. The van der Waals surface area contributed by atoms with E-state index in [4.69, 9.17) is 0 Å². The number of methoxy groups -OCH3 is 1. The summed E-state index contributed by atoms with van der Waals surface area (Å²) in [5.41, 5.74) is 1.95. The third kappa shape index (κ3) is 2.91. The Morgan fingerprint density at radius 1 is 1.22 bits per heavy atom. The van der Waals surface area contributed by atoms with Crippen molar-refractivity contribution in [3.8, 4) is 0 Å². The highest BCUT2D eigenvalue weighted by atomic mass is 19.1. The molecule has 0 N–H and O–H groups in total. The molecule has 0 aliphatic heterocycles. The number of rotatable bonds is 3. The topological polar surface area (TPSA) is 39.2 Å². The number of halogens is 1. The standard InChI is InChI=1S/C14H12FNO2/c1-18-14(17)12-7-11(8-13(15)9-12)6-10-2-4-16-5-3-10/h2-5,7-9H,6H2,1H3. The van der Waals surface area contributed by atoms with E-state index >= 15 is 0 Å². The lowest BCUT2D eigenvalue weighted by Crippen LogP contribution is -2.03. The number of carbonyl (C=O) groups excluding carboxylic acids is 1. The summed E-state index contributed by atoms with van der Waals surface area (Å²) in [4.78, 5) is 15.3. The summed E-state index contributed by atoms with van der Waals surface area (Å²) in [6, 6.07) is 7.91.